The van der Waals surface area contributed by atoms with E-state index in [0.717, 1.165) is 7.11 Å². The second-order valence-corrected chi connectivity index (χ2v) is 5.43. The quantitative estimate of drug-likeness (QED) is 0.470. The van der Waals surface area contributed by atoms with Crippen molar-refractivity contribution in [2.24, 2.45) is 0 Å². The highest BCUT2D eigenvalue weighted by Crippen LogP contribution is 2.29. The van der Waals surface area contributed by atoms with Gasteiger partial charge < -0.3 is 10.1 Å². The van der Waals surface area contributed by atoms with Gasteiger partial charge in [0.05, 0.1) is 7.11 Å². The zero-order chi connectivity index (χ0) is 18.7. The Morgan fingerprint density at radius 1 is 1.12 bits per heavy atom. The van der Waals surface area contributed by atoms with E-state index in [2.05, 4.69) is 10.1 Å². The summed E-state index contributed by atoms with van der Waals surface area (Å²) in [5.74, 6) is -10.2. The van der Waals surface area contributed by atoms with Crippen molar-refractivity contribution in [1.82, 2.24) is 5.32 Å². The van der Waals surface area contributed by atoms with Gasteiger partial charge in [0, 0.05) is 10.7 Å². The first kappa shape index (κ1) is 18.9. The molecule has 0 saturated carbocycles. The number of benzene rings is 2. The van der Waals surface area contributed by atoms with Crippen molar-refractivity contribution in [2.45, 2.75) is 0 Å². The van der Waals surface area contributed by atoms with Crippen LogP contribution in [0.4, 0.5) is 23.2 Å². The lowest BCUT2D eigenvalue weighted by Crippen LogP contribution is -2.35. The number of thiocarbonyl (C=S) groups is 1. The molecular formula is C15H9ClF4N2O2S. The summed E-state index contributed by atoms with van der Waals surface area (Å²) in [7, 11) is 0.824. The minimum absolute atomic E-state index is 0.359. The molecule has 0 atom stereocenters. The lowest BCUT2D eigenvalue weighted by Gasteiger charge is -2.13. The molecule has 0 radical (unpaired) electrons. The Balaban J connectivity index is 2.25. The highest BCUT2D eigenvalue weighted by atomic mass is 35.5. The van der Waals surface area contributed by atoms with Gasteiger partial charge in [-0.25, -0.2) is 8.78 Å². The topological polar surface area (TPSA) is 50.4 Å². The second kappa shape index (κ2) is 7.66. The third-order valence-electron chi connectivity index (χ3n) is 2.96. The van der Waals surface area contributed by atoms with Crippen molar-refractivity contribution in [2.75, 3.05) is 12.4 Å². The van der Waals surface area contributed by atoms with E-state index < -0.39 is 40.5 Å². The maximum absolute atomic E-state index is 13.9. The van der Waals surface area contributed by atoms with Gasteiger partial charge >= 0.3 is 0 Å². The monoisotopic (exact) mass is 392 g/mol. The molecule has 0 aliphatic rings. The van der Waals surface area contributed by atoms with E-state index in [4.69, 9.17) is 23.8 Å². The average Bonchev–Trinajstić information content (AvgIpc) is 2.53. The van der Waals surface area contributed by atoms with E-state index >= 15 is 0 Å². The van der Waals surface area contributed by atoms with Gasteiger partial charge in [-0.05, 0) is 30.4 Å². The van der Waals surface area contributed by atoms with Crippen LogP contribution in [0.2, 0.25) is 5.02 Å². The maximum atomic E-state index is 13.9. The lowest BCUT2D eigenvalue weighted by molar-refractivity contribution is 0.0966. The number of carbonyl (C=O) groups is 1. The number of halogens is 5. The second-order valence-electron chi connectivity index (χ2n) is 4.58. The Labute approximate surface area is 149 Å². The van der Waals surface area contributed by atoms with Crippen LogP contribution in [0.15, 0.2) is 24.3 Å². The van der Waals surface area contributed by atoms with Crippen molar-refractivity contribution < 1.29 is 27.1 Å². The fraction of sp³-hybridized carbons (Fsp3) is 0.0667. The number of hydrogen-bond donors (Lipinski definition) is 2. The first-order valence-corrected chi connectivity index (χ1v) is 7.32. The van der Waals surface area contributed by atoms with Gasteiger partial charge in [0.15, 0.2) is 22.5 Å². The molecule has 2 N–H and O–H groups in total. The van der Waals surface area contributed by atoms with Crippen LogP contribution >= 0.6 is 23.8 Å². The van der Waals surface area contributed by atoms with E-state index in [1.165, 1.54) is 6.07 Å². The van der Waals surface area contributed by atoms with Crippen LogP contribution < -0.4 is 15.4 Å². The van der Waals surface area contributed by atoms with Crippen LogP contribution in [0.25, 0.3) is 0 Å². The Kier molecular flexibility index (Phi) is 5.81. The number of anilines is 1. The molecule has 0 fully saturated rings. The Morgan fingerprint density at radius 3 is 2.24 bits per heavy atom. The standard InChI is InChI=1S/C15H9ClF4N2O2S/c1-24-13-11(19)9(17)8(10(18)12(13)20)14(23)22-15(25)21-7-4-2-3-6(16)5-7/h2-5H,1H3,(H2,21,22,23,25). The molecule has 0 heterocycles. The number of nitrogens with one attached hydrogen (secondary N) is 2. The van der Waals surface area contributed by atoms with Gasteiger partial charge in [-0.3, -0.25) is 10.1 Å². The van der Waals surface area contributed by atoms with Crippen molar-refractivity contribution in [1.29, 1.82) is 0 Å². The van der Waals surface area contributed by atoms with E-state index in [1.54, 1.807) is 18.2 Å². The minimum atomic E-state index is -1.90. The van der Waals surface area contributed by atoms with E-state index in [0.29, 0.717) is 10.7 Å². The first-order valence-electron chi connectivity index (χ1n) is 6.54. The molecule has 10 heteroatoms. The third kappa shape index (κ3) is 3.99. The summed E-state index contributed by atoms with van der Waals surface area (Å²) in [5, 5.41) is 4.47. The lowest BCUT2D eigenvalue weighted by atomic mass is 10.1. The molecule has 132 valence electrons. The fourth-order valence-corrected chi connectivity index (χ4v) is 2.29. The van der Waals surface area contributed by atoms with Crippen LogP contribution in [0.3, 0.4) is 0 Å². The molecule has 0 unspecified atom stereocenters. The van der Waals surface area contributed by atoms with Gasteiger partial charge in [-0.1, -0.05) is 17.7 Å². The third-order valence-corrected chi connectivity index (χ3v) is 3.40. The Morgan fingerprint density at radius 2 is 1.72 bits per heavy atom. The van der Waals surface area contributed by atoms with Gasteiger partial charge in [0.25, 0.3) is 5.91 Å². The predicted molar refractivity (Wildman–Crippen MR) is 88.0 cm³/mol. The normalized spacial score (nSPS) is 10.3. The zero-order valence-electron chi connectivity index (χ0n) is 12.4. The van der Waals surface area contributed by atoms with Gasteiger partial charge in [0.1, 0.15) is 5.56 Å². The number of methoxy groups -OCH3 is 1. The number of amides is 1. The summed E-state index contributed by atoms with van der Waals surface area (Å²) < 4.78 is 59.3. The molecule has 0 saturated heterocycles. The van der Waals surface area contributed by atoms with Crippen molar-refractivity contribution >= 4 is 40.5 Å². The Hall–Kier alpha value is -2.39. The minimum Gasteiger partial charge on any atom is -0.491 e. The summed E-state index contributed by atoms with van der Waals surface area (Å²) in [6, 6.07) is 6.19. The molecule has 2 aromatic carbocycles. The molecule has 0 aliphatic carbocycles. The molecule has 0 aliphatic heterocycles. The Bertz CT molecular complexity index is 835. The van der Waals surface area contributed by atoms with Crippen molar-refractivity contribution in [3.8, 4) is 5.75 Å². The van der Waals surface area contributed by atoms with Crippen molar-refractivity contribution in [3.05, 3.63) is 58.1 Å². The van der Waals surface area contributed by atoms with Crippen LogP contribution in [-0.2, 0) is 0 Å². The molecule has 4 nitrogen and oxygen atoms in total. The molecule has 0 spiro atoms. The predicted octanol–water partition coefficient (Wildman–Crippen LogP) is 4.03. The number of rotatable bonds is 3. The molecule has 2 aromatic rings. The van der Waals surface area contributed by atoms with Crippen LogP contribution in [-0.4, -0.2) is 18.1 Å². The van der Waals surface area contributed by atoms with E-state index in [1.807, 2.05) is 5.32 Å². The first-order chi connectivity index (χ1) is 11.8. The molecule has 1 amide bonds. The molecule has 25 heavy (non-hydrogen) atoms. The summed E-state index contributed by atoms with van der Waals surface area (Å²) in [6.07, 6.45) is 0. The highest BCUT2D eigenvalue weighted by Gasteiger charge is 2.30. The van der Waals surface area contributed by atoms with Gasteiger partial charge in [0.2, 0.25) is 11.6 Å². The molecule has 2 rings (SSSR count). The van der Waals surface area contributed by atoms with E-state index in [9.17, 15) is 22.4 Å². The summed E-state index contributed by atoms with van der Waals surface area (Å²) in [4.78, 5) is 11.9. The number of carbonyl (C=O) groups excluding carboxylic acids is 1. The smallest absolute Gasteiger partial charge is 0.263 e. The van der Waals surface area contributed by atoms with Crippen LogP contribution in [0.5, 0.6) is 5.75 Å². The molecule has 0 aromatic heterocycles. The number of hydrogen-bond acceptors (Lipinski definition) is 3. The average molecular weight is 393 g/mol. The van der Waals surface area contributed by atoms with Crippen LogP contribution in [0.1, 0.15) is 10.4 Å². The van der Waals surface area contributed by atoms with Crippen molar-refractivity contribution in [3.63, 3.8) is 0 Å². The summed E-state index contributed by atoms with van der Waals surface area (Å²) in [5.41, 5.74) is -1.09. The van der Waals surface area contributed by atoms with E-state index in [-0.39, 0.29) is 5.11 Å². The van der Waals surface area contributed by atoms with Gasteiger partial charge in [-0.2, -0.15) is 8.78 Å². The number of ether oxygens (including phenoxy) is 1. The summed E-state index contributed by atoms with van der Waals surface area (Å²) >= 11 is 10.6. The van der Waals surface area contributed by atoms with Crippen LogP contribution in [0, 0.1) is 23.3 Å². The SMILES string of the molecule is COc1c(F)c(F)c(C(=O)NC(=S)Nc2cccc(Cl)c2)c(F)c1F. The summed E-state index contributed by atoms with van der Waals surface area (Å²) in [6.45, 7) is 0. The van der Waals surface area contributed by atoms with Gasteiger partial charge in [-0.15, -0.1) is 0 Å². The zero-order valence-corrected chi connectivity index (χ0v) is 14.0. The largest absolute Gasteiger partial charge is 0.491 e. The highest BCUT2D eigenvalue weighted by molar-refractivity contribution is 7.80. The maximum Gasteiger partial charge on any atom is 0.263 e. The molecule has 0 bridgehead atoms. The molecular weight excluding hydrogens is 384 g/mol. The fourth-order valence-electron chi connectivity index (χ4n) is 1.88.